The fourth-order valence-corrected chi connectivity index (χ4v) is 4.76. The van der Waals surface area contributed by atoms with Gasteiger partial charge >= 0.3 is 0 Å². The van der Waals surface area contributed by atoms with E-state index < -0.39 is 22.0 Å². The Morgan fingerprint density at radius 2 is 1.69 bits per heavy atom. The second-order valence-electron chi connectivity index (χ2n) is 7.25. The van der Waals surface area contributed by atoms with Gasteiger partial charge in [0, 0.05) is 10.7 Å². The number of hydrogen-bond donors (Lipinski definition) is 1. The van der Waals surface area contributed by atoms with Crippen LogP contribution in [-0.4, -0.2) is 32.7 Å². The van der Waals surface area contributed by atoms with Crippen LogP contribution in [0.15, 0.2) is 48.5 Å². The van der Waals surface area contributed by atoms with Gasteiger partial charge in [0.1, 0.15) is 11.8 Å². The Morgan fingerprint density at radius 3 is 2.24 bits per heavy atom. The van der Waals surface area contributed by atoms with Crippen LogP contribution >= 0.6 is 11.6 Å². The first-order chi connectivity index (χ1) is 13.7. The van der Waals surface area contributed by atoms with Crippen molar-refractivity contribution in [3.05, 3.63) is 53.6 Å². The minimum atomic E-state index is -3.68. The lowest BCUT2D eigenvalue weighted by molar-refractivity contribution is -0.116. The van der Waals surface area contributed by atoms with Crippen LogP contribution in [0.4, 0.5) is 11.4 Å². The highest BCUT2D eigenvalue weighted by Crippen LogP contribution is 2.26. The van der Waals surface area contributed by atoms with Gasteiger partial charge in [0.2, 0.25) is 15.9 Å². The highest BCUT2D eigenvalue weighted by molar-refractivity contribution is 7.92. The van der Waals surface area contributed by atoms with Gasteiger partial charge in [0.15, 0.2) is 0 Å². The average molecular weight is 437 g/mol. The summed E-state index contributed by atoms with van der Waals surface area (Å²) in [4.78, 5) is 12.7. The van der Waals surface area contributed by atoms with E-state index in [0.29, 0.717) is 16.4 Å². The molecule has 29 heavy (non-hydrogen) atoms. The van der Waals surface area contributed by atoms with E-state index in [1.54, 1.807) is 43.3 Å². The summed E-state index contributed by atoms with van der Waals surface area (Å²) in [7, 11) is -3.68. The van der Waals surface area contributed by atoms with Crippen molar-refractivity contribution in [1.82, 2.24) is 0 Å². The molecule has 2 aromatic rings. The predicted molar refractivity (Wildman–Crippen MR) is 116 cm³/mol. The van der Waals surface area contributed by atoms with Crippen molar-refractivity contribution in [2.45, 2.75) is 44.8 Å². The summed E-state index contributed by atoms with van der Waals surface area (Å²) in [6.07, 6.45) is 5.87. The number of halogens is 1. The lowest BCUT2D eigenvalue weighted by Gasteiger charge is -2.28. The summed E-state index contributed by atoms with van der Waals surface area (Å²) < 4.78 is 31.6. The number of nitrogens with zero attached hydrogens (tertiary/aromatic N) is 1. The predicted octanol–water partition coefficient (Wildman–Crippen LogP) is 4.45. The lowest BCUT2D eigenvalue weighted by atomic mass is 10.2. The summed E-state index contributed by atoms with van der Waals surface area (Å²) in [5.41, 5.74) is 0.949. The molecular weight excluding hydrogens is 412 g/mol. The first kappa shape index (κ1) is 21.5. The molecule has 1 amide bonds. The molecule has 0 aliphatic heterocycles. The average Bonchev–Trinajstić information content (AvgIpc) is 3.17. The molecule has 0 heterocycles. The fourth-order valence-electron chi connectivity index (χ4n) is 3.46. The molecule has 1 N–H and O–H groups in total. The SMILES string of the molecule is C[C@H](C(=O)Nc1ccc(OC2CCCC2)cc1)N(c1ccc(Cl)cc1)S(C)(=O)=O. The number of amides is 1. The van der Waals surface area contributed by atoms with Crippen LogP contribution in [0.3, 0.4) is 0 Å². The lowest BCUT2D eigenvalue weighted by Crippen LogP contribution is -2.45. The van der Waals surface area contributed by atoms with Crippen LogP contribution in [0.25, 0.3) is 0 Å². The number of hydrogen-bond acceptors (Lipinski definition) is 4. The summed E-state index contributed by atoms with van der Waals surface area (Å²) in [6, 6.07) is 12.5. The second-order valence-corrected chi connectivity index (χ2v) is 9.55. The van der Waals surface area contributed by atoms with E-state index in [9.17, 15) is 13.2 Å². The third-order valence-corrected chi connectivity index (χ3v) is 6.39. The second kappa shape index (κ2) is 9.05. The Morgan fingerprint density at radius 1 is 1.10 bits per heavy atom. The topological polar surface area (TPSA) is 75.7 Å². The van der Waals surface area contributed by atoms with Crippen LogP contribution in [0, 0.1) is 0 Å². The molecular formula is C21H25ClN2O4S. The molecule has 1 aliphatic rings. The first-order valence-electron chi connectivity index (χ1n) is 9.56. The summed E-state index contributed by atoms with van der Waals surface area (Å²) in [5.74, 6) is 0.330. The molecule has 1 fully saturated rings. The van der Waals surface area contributed by atoms with E-state index in [1.807, 2.05) is 12.1 Å². The van der Waals surface area contributed by atoms with Gasteiger partial charge in [-0.15, -0.1) is 0 Å². The maximum Gasteiger partial charge on any atom is 0.247 e. The molecule has 3 rings (SSSR count). The molecule has 0 unspecified atom stereocenters. The summed E-state index contributed by atoms with van der Waals surface area (Å²) in [5, 5.41) is 3.25. The number of nitrogens with one attached hydrogen (secondary N) is 1. The van der Waals surface area contributed by atoms with Gasteiger partial charge in [0.25, 0.3) is 0 Å². The van der Waals surface area contributed by atoms with Crippen molar-refractivity contribution in [1.29, 1.82) is 0 Å². The first-order valence-corrected chi connectivity index (χ1v) is 11.8. The summed E-state index contributed by atoms with van der Waals surface area (Å²) in [6.45, 7) is 1.54. The Hall–Kier alpha value is -2.25. The smallest absolute Gasteiger partial charge is 0.247 e. The molecule has 0 aromatic heterocycles. The summed E-state index contributed by atoms with van der Waals surface area (Å²) >= 11 is 5.89. The Bertz CT molecular complexity index is 940. The van der Waals surface area contributed by atoms with Crippen molar-refractivity contribution >= 4 is 38.9 Å². The molecule has 8 heteroatoms. The molecule has 2 aromatic carbocycles. The van der Waals surface area contributed by atoms with E-state index in [-0.39, 0.29) is 6.10 Å². The number of sulfonamides is 1. The minimum absolute atomic E-state index is 0.262. The minimum Gasteiger partial charge on any atom is -0.490 e. The maximum absolute atomic E-state index is 12.7. The standard InChI is InChI=1S/C21H25ClN2O4S/c1-15(24(29(2,26)27)18-11-7-16(22)8-12-18)21(25)23-17-9-13-20(14-10-17)28-19-5-3-4-6-19/h7-15,19H,3-6H2,1-2H3,(H,23,25)/t15-/m1/s1. The molecule has 0 bridgehead atoms. The van der Waals surface area contributed by atoms with E-state index in [0.717, 1.165) is 29.2 Å². The van der Waals surface area contributed by atoms with Crippen LogP contribution in [0.2, 0.25) is 5.02 Å². The van der Waals surface area contributed by atoms with E-state index >= 15 is 0 Å². The van der Waals surface area contributed by atoms with Gasteiger partial charge in [-0.1, -0.05) is 11.6 Å². The normalized spacial score (nSPS) is 15.7. The van der Waals surface area contributed by atoms with Crippen LogP contribution in [0.5, 0.6) is 5.75 Å². The zero-order chi connectivity index (χ0) is 21.0. The molecule has 1 saturated carbocycles. The van der Waals surface area contributed by atoms with E-state index in [4.69, 9.17) is 16.3 Å². The van der Waals surface area contributed by atoms with Gasteiger partial charge in [-0.05, 0) is 81.1 Å². The quantitative estimate of drug-likeness (QED) is 0.695. The number of anilines is 2. The fraction of sp³-hybridized carbons (Fsp3) is 0.381. The molecule has 156 valence electrons. The van der Waals surface area contributed by atoms with Gasteiger partial charge in [-0.2, -0.15) is 0 Å². The highest BCUT2D eigenvalue weighted by atomic mass is 35.5. The van der Waals surface area contributed by atoms with Crippen LogP contribution in [0.1, 0.15) is 32.6 Å². The number of carbonyl (C=O) groups excluding carboxylic acids is 1. The molecule has 1 aliphatic carbocycles. The number of ether oxygens (including phenoxy) is 1. The molecule has 0 spiro atoms. The van der Waals surface area contributed by atoms with E-state index in [1.165, 1.54) is 12.8 Å². The molecule has 1 atom stereocenters. The zero-order valence-electron chi connectivity index (χ0n) is 16.5. The number of benzene rings is 2. The molecule has 6 nitrogen and oxygen atoms in total. The molecule has 0 radical (unpaired) electrons. The van der Waals surface area contributed by atoms with Crippen molar-refractivity contribution in [2.24, 2.45) is 0 Å². The van der Waals surface area contributed by atoms with Crippen molar-refractivity contribution in [3.8, 4) is 5.75 Å². The molecule has 0 saturated heterocycles. The van der Waals surface area contributed by atoms with Crippen molar-refractivity contribution in [3.63, 3.8) is 0 Å². The van der Waals surface area contributed by atoms with Crippen LogP contribution in [-0.2, 0) is 14.8 Å². The van der Waals surface area contributed by atoms with Gasteiger partial charge in [-0.25, -0.2) is 8.42 Å². The number of carbonyl (C=O) groups is 1. The Balaban J connectivity index is 1.69. The highest BCUT2D eigenvalue weighted by Gasteiger charge is 2.29. The zero-order valence-corrected chi connectivity index (χ0v) is 18.0. The van der Waals surface area contributed by atoms with Crippen LogP contribution < -0.4 is 14.4 Å². The largest absolute Gasteiger partial charge is 0.490 e. The third kappa shape index (κ3) is 5.64. The van der Waals surface area contributed by atoms with Gasteiger partial charge in [0.05, 0.1) is 18.0 Å². The maximum atomic E-state index is 12.7. The van der Waals surface area contributed by atoms with Crippen molar-refractivity contribution in [2.75, 3.05) is 15.9 Å². The number of rotatable bonds is 7. The van der Waals surface area contributed by atoms with Gasteiger partial charge < -0.3 is 10.1 Å². The van der Waals surface area contributed by atoms with Crippen molar-refractivity contribution < 1.29 is 17.9 Å². The Kier molecular flexibility index (Phi) is 6.70. The van der Waals surface area contributed by atoms with Gasteiger partial charge in [-0.3, -0.25) is 9.10 Å². The third-order valence-electron chi connectivity index (χ3n) is 4.90. The monoisotopic (exact) mass is 436 g/mol. The van der Waals surface area contributed by atoms with E-state index in [2.05, 4.69) is 5.32 Å². The Labute approximate surface area is 176 Å².